The molecule has 158 valence electrons. The number of hydrogen-bond donors (Lipinski definition) is 1. The third kappa shape index (κ3) is 4.94. The zero-order valence-electron chi connectivity index (χ0n) is 17.6. The van der Waals surface area contributed by atoms with E-state index in [1.165, 1.54) is 0 Å². The fourth-order valence-corrected chi connectivity index (χ4v) is 3.72. The van der Waals surface area contributed by atoms with E-state index in [1.807, 2.05) is 71.6 Å². The molecular weight excluding hydrogens is 388 g/mol. The number of hydrogen-bond acceptors (Lipinski definition) is 3. The zero-order valence-corrected chi connectivity index (χ0v) is 17.6. The van der Waals surface area contributed by atoms with Gasteiger partial charge in [-0.15, -0.1) is 0 Å². The molecule has 0 bridgehead atoms. The van der Waals surface area contributed by atoms with Crippen molar-refractivity contribution in [2.45, 2.75) is 25.9 Å². The lowest BCUT2D eigenvalue weighted by Gasteiger charge is -2.19. The molecule has 0 spiro atoms. The van der Waals surface area contributed by atoms with Gasteiger partial charge in [-0.05, 0) is 55.2 Å². The third-order valence-corrected chi connectivity index (χ3v) is 5.45. The molecule has 0 aliphatic carbocycles. The van der Waals surface area contributed by atoms with Gasteiger partial charge in [-0.3, -0.25) is 9.59 Å². The van der Waals surface area contributed by atoms with E-state index >= 15 is 0 Å². The molecular formula is C26H26N2O3. The number of benzene rings is 3. The molecule has 3 aromatic carbocycles. The highest BCUT2D eigenvalue weighted by Gasteiger charge is 2.23. The molecule has 4 rings (SSSR count). The first-order chi connectivity index (χ1) is 15.1. The lowest BCUT2D eigenvalue weighted by molar-refractivity contribution is -0.122. The molecule has 1 heterocycles. The molecule has 3 aromatic rings. The lowest BCUT2D eigenvalue weighted by atomic mass is 10.1. The summed E-state index contributed by atoms with van der Waals surface area (Å²) in [5, 5.41) is 2.86. The molecule has 1 atom stereocenters. The normalized spacial score (nSPS) is 14.2. The Balaban J connectivity index is 1.41. The van der Waals surface area contributed by atoms with Crippen molar-refractivity contribution < 1.29 is 14.3 Å². The van der Waals surface area contributed by atoms with Crippen LogP contribution in [0.25, 0.3) is 11.1 Å². The quantitative estimate of drug-likeness (QED) is 0.618. The predicted molar refractivity (Wildman–Crippen MR) is 122 cm³/mol. The number of rotatable bonds is 6. The minimum absolute atomic E-state index is 0.0431. The van der Waals surface area contributed by atoms with Gasteiger partial charge in [0.25, 0.3) is 11.8 Å². The van der Waals surface area contributed by atoms with Crippen LogP contribution in [0, 0.1) is 0 Å². The predicted octanol–water partition coefficient (Wildman–Crippen LogP) is 5.00. The smallest absolute Gasteiger partial charge is 0.265 e. The molecule has 5 nitrogen and oxygen atoms in total. The second-order valence-corrected chi connectivity index (χ2v) is 7.68. The van der Waals surface area contributed by atoms with Gasteiger partial charge in [-0.1, -0.05) is 54.6 Å². The minimum Gasteiger partial charge on any atom is -0.481 e. The summed E-state index contributed by atoms with van der Waals surface area (Å²) in [6, 6.07) is 24.9. The van der Waals surface area contributed by atoms with E-state index in [1.54, 1.807) is 19.1 Å². The van der Waals surface area contributed by atoms with Gasteiger partial charge in [0.2, 0.25) is 0 Å². The van der Waals surface area contributed by atoms with E-state index in [0.29, 0.717) is 17.0 Å². The van der Waals surface area contributed by atoms with Gasteiger partial charge in [0.1, 0.15) is 5.75 Å². The van der Waals surface area contributed by atoms with Crippen LogP contribution in [0.5, 0.6) is 5.75 Å². The number of para-hydroxylation sites is 1. The van der Waals surface area contributed by atoms with E-state index < -0.39 is 6.10 Å². The molecule has 0 saturated carbocycles. The molecule has 1 aliphatic heterocycles. The first kappa shape index (κ1) is 20.7. The molecule has 1 fully saturated rings. The Labute approximate surface area is 182 Å². The van der Waals surface area contributed by atoms with Gasteiger partial charge in [0.15, 0.2) is 6.10 Å². The molecule has 0 radical (unpaired) electrons. The van der Waals surface area contributed by atoms with E-state index in [9.17, 15) is 9.59 Å². The molecule has 1 N–H and O–H groups in total. The second kappa shape index (κ2) is 9.47. The number of nitrogens with one attached hydrogen (secondary N) is 1. The average Bonchev–Trinajstić information content (AvgIpc) is 3.35. The monoisotopic (exact) mass is 414 g/mol. The summed E-state index contributed by atoms with van der Waals surface area (Å²) in [4.78, 5) is 27.4. The molecule has 0 aromatic heterocycles. The highest BCUT2D eigenvalue weighted by atomic mass is 16.5. The molecule has 5 heteroatoms. The van der Waals surface area contributed by atoms with Crippen LogP contribution in [0.4, 0.5) is 5.69 Å². The molecule has 31 heavy (non-hydrogen) atoms. The van der Waals surface area contributed by atoms with Crippen molar-refractivity contribution in [1.29, 1.82) is 0 Å². The largest absolute Gasteiger partial charge is 0.481 e. The van der Waals surface area contributed by atoms with E-state index in [-0.39, 0.29) is 11.8 Å². The van der Waals surface area contributed by atoms with Gasteiger partial charge in [0, 0.05) is 13.1 Å². The fraction of sp³-hybridized carbons (Fsp3) is 0.231. The Morgan fingerprint density at radius 1 is 0.839 bits per heavy atom. The zero-order chi connectivity index (χ0) is 21.6. The summed E-state index contributed by atoms with van der Waals surface area (Å²) >= 11 is 0. The number of amides is 2. The number of nitrogens with zero attached hydrogens (tertiary/aromatic N) is 1. The van der Waals surface area contributed by atoms with Gasteiger partial charge >= 0.3 is 0 Å². The maximum Gasteiger partial charge on any atom is 0.265 e. The summed E-state index contributed by atoms with van der Waals surface area (Å²) < 4.78 is 5.83. The Bertz CT molecular complexity index is 1040. The Morgan fingerprint density at radius 3 is 2.16 bits per heavy atom. The first-order valence-electron chi connectivity index (χ1n) is 10.6. The van der Waals surface area contributed by atoms with E-state index in [0.717, 1.165) is 37.1 Å². The van der Waals surface area contributed by atoms with Gasteiger partial charge < -0.3 is 15.0 Å². The summed E-state index contributed by atoms with van der Waals surface area (Å²) in [6.07, 6.45) is 1.33. The van der Waals surface area contributed by atoms with E-state index in [4.69, 9.17) is 4.74 Å². The van der Waals surface area contributed by atoms with Crippen molar-refractivity contribution in [3.63, 3.8) is 0 Å². The topological polar surface area (TPSA) is 58.6 Å². The molecule has 1 unspecified atom stereocenters. The number of ether oxygens (including phenoxy) is 1. The Kier molecular flexibility index (Phi) is 6.32. The number of carbonyl (C=O) groups is 2. The van der Waals surface area contributed by atoms with Crippen LogP contribution in [0.3, 0.4) is 0 Å². The highest BCUT2D eigenvalue weighted by molar-refractivity contribution is 6.04. The maximum atomic E-state index is 12.8. The van der Waals surface area contributed by atoms with Gasteiger partial charge in [0.05, 0.1) is 11.3 Å². The molecule has 1 aliphatic rings. The second-order valence-electron chi connectivity index (χ2n) is 7.68. The number of carbonyl (C=O) groups excluding carboxylic acids is 2. The molecule has 2 amide bonds. The summed E-state index contributed by atoms with van der Waals surface area (Å²) in [5.41, 5.74) is 3.23. The average molecular weight is 415 g/mol. The van der Waals surface area contributed by atoms with Crippen molar-refractivity contribution in [2.24, 2.45) is 0 Å². The summed E-state index contributed by atoms with van der Waals surface area (Å²) in [6.45, 7) is 3.23. The lowest BCUT2D eigenvalue weighted by Crippen LogP contribution is -2.32. The molecule has 1 saturated heterocycles. The van der Waals surface area contributed by atoms with Crippen molar-refractivity contribution >= 4 is 17.5 Å². The highest BCUT2D eigenvalue weighted by Crippen LogP contribution is 2.24. The van der Waals surface area contributed by atoms with Crippen LogP contribution < -0.4 is 10.1 Å². The Morgan fingerprint density at radius 2 is 1.45 bits per heavy atom. The van der Waals surface area contributed by atoms with Gasteiger partial charge in [-0.2, -0.15) is 0 Å². The van der Waals surface area contributed by atoms with Crippen molar-refractivity contribution in [3.05, 3.63) is 84.4 Å². The maximum absolute atomic E-state index is 12.8. The van der Waals surface area contributed by atoms with Crippen LogP contribution in [-0.2, 0) is 4.79 Å². The SMILES string of the molecule is CC(Oc1ccc(-c2ccccc2)cc1)C(=O)Nc1ccccc1C(=O)N1CCCC1. The number of likely N-dealkylation sites (tertiary alicyclic amines) is 1. The standard InChI is InChI=1S/C26H26N2O3/c1-19(31-22-15-13-21(14-16-22)20-9-3-2-4-10-20)25(29)27-24-12-6-5-11-23(24)26(30)28-17-7-8-18-28/h2-6,9-16,19H,7-8,17-18H2,1H3,(H,27,29). The van der Waals surface area contributed by atoms with Gasteiger partial charge in [-0.25, -0.2) is 0 Å². The van der Waals surface area contributed by atoms with Crippen molar-refractivity contribution in [2.75, 3.05) is 18.4 Å². The van der Waals surface area contributed by atoms with Crippen LogP contribution >= 0.6 is 0 Å². The number of anilines is 1. The first-order valence-corrected chi connectivity index (χ1v) is 10.6. The fourth-order valence-electron chi connectivity index (χ4n) is 3.72. The minimum atomic E-state index is -0.711. The van der Waals surface area contributed by atoms with Crippen LogP contribution in [0.1, 0.15) is 30.1 Å². The van der Waals surface area contributed by atoms with Crippen LogP contribution in [-0.4, -0.2) is 35.9 Å². The van der Waals surface area contributed by atoms with Crippen molar-refractivity contribution in [3.8, 4) is 16.9 Å². The summed E-state index contributed by atoms with van der Waals surface area (Å²) in [5.74, 6) is 0.274. The van der Waals surface area contributed by atoms with E-state index in [2.05, 4.69) is 5.32 Å². The summed E-state index contributed by atoms with van der Waals surface area (Å²) in [7, 11) is 0. The Hall–Kier alpha value is -3.60. The van der Waals surface area contributed by atoms with Crippen LogP contribution in [0.15, 0.2) is 78.9 Å². The van der Waals surface area contributed by atoms with Crippen LogP contribution in [0.2, 0.25) is 0 Å². The van der Waals surface area contributed by atoms with Crippen molar-refractivity contribution in [1.82, 2.24) is 4.90 Å². The third-order valence-electron chi connectivity index (χ3n) is 5.45.